The zero-order valence-electron chi connectivity index (χ0n) is 11.0. The summed E-state index contributed by atoms with van der Waals surface area (Å²) in [7, 11) is 1.43. The molecule has 0 atom stereocenters. The standard InChI is InChI=1S/C15H10FNO4/c1-20-11-5-9(4-10(16)7-11)14-17-12-6-8(15(18)19)2-3-13(12)21-14/h2-7H,1H3,(H,18,19). The van der Waals surface area contributed by atoms with Gasteiger partial charge in [-0.05, 0) is 30.3 Å². The van der Waals surface area contributed by atoms with Gasteiger partial charge in [-0.2, -0.15) is 0 Å². The highest BCUT2D eigenvalue weighted by atomic mass is 19.1. The molecule has 3 rings (SSSR count). The molecule has 1 heterocycles. The molecule has 0 aliphatic rings. The molecule has 1 aromatic heterocycles. The maximum Gasteiger partial charge on any atom is 0.335 e. The number of hydrogen-bond acceptors (Lipinski definition) is 4. The van der Waals surface area contributed by atoms with Crippen LogP contribution in [0.5, 0.6) is 5.75 Å². The lowest BCUT2D eigenvalue weighted by molar-refractivity contribution is 0.0697. The number of halogens is 1. The van der Waals surface area contributed by atoms with Crippen molar-refractivity contribution in [2.45, 2.75) is 0 Å². The van der Waals surface area contributed by atoms with Crippen molar-refractivity contribution >= 4 is 17.1 Å². The van der Waals surface area contributed by atoms with Gasteiger partial charge in [0.25, 0.3) is 0 Å². The number of nitrogens with zero attached hydrogens (tertiary/aromatic N) is 1. The van der Waals surface area contributed by atoms with Crippen molar-refractivity contribution in [1.82, 2.24) is 4.98 Å². The lowest BCUT2D eigenvalue weighted by Gasteiger charge is -2.01. The summed E-state index contributed by atoms with van der Waals surface area (Å²) in [5, 5.41) is 8.95. The van der Waals surface area contributed by atoms with Crippen LogP contribution in [0.15, 0.2) is 40.8 Å². The third kappa shape index (κ3) is 2.43. The van der Waals surface area contributed by atoms with Crippen molar-refractivity contribution in [1.29, 1.82) is 0 Å². The topological polar surface area (TPSA) is 72.6 Å². The highest BCUT2D eigenvalue weighted by Gasteiger charge is 2.13. The second-order valence-corrected chi connectivity index (χ2v) is 4.39. The van der Waals surface area contributed by atoms with Crippen molar-refractivity contribution in [2.24, 2.45) is 0 Å². The quantitative estimate of drug-likeness (QED) is 0.799. The van der Waals surface area contributed by atoms with Crippen LogP contribution in [-0.4, -0.2) is 23.2 Å². The molecule has 5 nitrogen and oxygen atoms in total. The molecular weight excluding hydrogens is 277 g/mol. The van der Waals surface area contributed by atoms with E-state index in [9.17, 15) is 9.18 Å². The first-order valence-corrected chi connectivity index (χ1v) is 6.05. The Bertz CT molecular complexity index is 841. The molecular formula is C15H10FNO4. The number of carboxylic acid groups (broad SMARTS) is 1. The molecule has 0 spiro atoms. The molecule has 106 valence electrons. The number of rotatable bonds is 3. The fourth-order valence-corrected chi connectivity index (χ4v) is 1.99. The number of fused-ring (bicyclic) bond motifs is 1. The highest BCUT2D eigenvalue weighted by molar-refractivity contribution is 5.92. The van der Waals surface area contributed by atoms with Crippen LogP contribution in [-0.2, 0) is 0 Å². The van der Waals surface area contributed by atoms with Crippen LogP contribution in [0.3, 0.4) is 0 Å². The summed E-state index contributed by atoms with van der Waals surface area (Å²) in [6, 6.07) is 8.45. The molecule has 0 aliphatic carbocycles. The summed E-state index contributed by atoms with van der Waals surface area (Å²) < 4.78 is 24.0. The lowest BCUT2D eigenvalue weighted by atomic mass is 10.2. The molecule has 0 radical (unpaired) electrons. The van der Waals surface area contributed by atoms with E-state index >= 15 is 0 Å². The Balaban J connectivity index is 2.12. The van der Waals surface area contributed by atoms with E-state index in [1.807, 2.05) is 0 Å². The Morgan fingerprint density at radius 3 is 2.81 bits per heavy atom. The van der Waals surface area contributed by atoms with Gasteiger partial charge in [0.1, 0.15) is 17.1 Å². The molecule has 1 N–H and O–H groups in total. The first-order valence-electron chi connectivity index (χ1n) is 6.05. The summed E-state index contributed by atoms with van der Waals surface area (Å²) >= 11 is 0. The first kappa shape index (κ1) is 13.1. The van der Waals surface area contributed by atoms with Crippen LogP contribution >= 0.6 is 0 Å². The van der Waals surface area contributed by atoms with Gasteiger partial charge in [-0.25, -0.2) is 14.2 Å². The van der Waals surface area contributed by atoms with Gasteiger partial charge in [-0.15, -0.1) is 0 Å². The van der Waals surface area contributed by atoms with Crippen LogP contribution in [0.4, 0.5) is 4.39 Å². The predicted octanol–water partition coefficient (Wildman–Crippen LogP) is 3.34. The fourth-order valence-electron chi connectivity index (χ4n) is 1.99. The third-order valence-corrected chi connectivity index (χ3v) is 2.99. The number of oxazole rings is 1. The van der Waals surface area contributed by atoms with Gasteiger partial charge in [0, 0.05) is 11.6 Å². The van der Waals surface area contributed by atoms with Crippen molar-refractivity contribution in [3.8, 4) is 17.2 Å². The zero-order valence-corrected chi connectivity index (χ0v) is 11.0. The molecule has 0 fully saturated rings. The molecule has 0 saturated heterocycles. The van der Waals surface area contributed by atoms with E-state index < -0.39 is 11.8 Å². The number of benzene rings is 2. The van der Waals surface area contributed by atoms with Crippen LogP contribution in [0.2, 0.25) is 0 Å². The molecule has 0 bridgehead atoms. The van der Waals surface area contributed by atoms with Gasteiger partial charge >= 0.3 is 5.97 Å². The molecule has 0 aliphatic heterocycles. The maximum atomic E-state index is 13.5. The van der Waals surface area contributed by atoms with Gasteiger partial charge in [-0.3, -0.25) is 0 Å². The third-order valence-electron chi connectivity index (χ3n) is 2.99. The van der Waals surface area contributed by atoms with Gasteiger partial charge in [0.15, 0.2) is 5.58 Å². The van der Waals surface area contributed by atoms with Crippen LogP contribution < -0.4 is 4.74 Å². The minimum Gasteiger partial charge on any atom is -0.497 e. The summed E-state index contributed by atoms with van der Waals surface area (Å²) in [6.07, 6.45) is 0. The molecule has 0 amide bonds. The average Bonchev–Trinajstić information content (AvgIpc) is 2.89. The summed E-state index contributed by atoms with van der Waals surface area (Å²) in [5.41, 5.74) is 1.35. The Morgan fingerprint density at radius 1 is 1.29 bits per heavy atom. The molecule has 2 aromatic carbocycles. The van der Waals surface area contributed by atoms with E-state index in [0.717, 1.165) is 0 Å². The lowest BCUT2D eigenvalue weighted by Crippen LogP contribution is -1.94. The first-order chi connectivity index (χ1) is 10.1. The second-order valence-electron chi connectivity index (χ2n) is 4.39. The molecule has 3 aromatic rings. The zero-order chi connectivity index (χ0) is 15.0. The molecule has 21 heavy (non-hydrogen) atoms. The van der Waals surface area contributed by atoms with Crippen LogP contribution in [0, 0.1) is 5.82 Å². The van der Waals surface area contributed by atoms with E-state index in [2.05, 4.69) is 4.98 Å². The monoisotopic (exact) mass is 287 g/mol. The van der Waals surface area contributed by atoms with Crippen molar-refractivity contribution in [3.05, 3.63) is 47.8 Å². The number of methoxy groups -OCH3 is 1. The molecule has 6 heteroatoms. The summed E-state index contributed by atoms with van der Waals surface area (Å²) in [6.45, 7) is 0. The highest BCUT2D eigenvalue weighted by Crippen LogP contribution is 2.28. The van der Waals surface area contributed by atoms with E-state index in [0.29, 0.717) is 22.4 Å². The van der Waals surface area contributed by atoms with Gasteiger partial charge in [0.2, 0.25) is 5.89 Å². The van der Waals surface area contributed by atoms with E-state index in [1.165, 1.54) is 37.4 Å². The Labute approximate surface area is 118 Å². The van der Waals surface area contributed by atoms with Gasteiger partial charge in [0.05, 0.1) is 12.7 Å². The number of carbonyl (C=O) groups is 1. The average molecular weight is 287 g/mol. The van der Waals surface area contributed by atoms with Gasteiger partial charge < -0.3 is 14.3 Å². The van der Waals surface area contributed by atoms with E-state index in [1.54, 1.807) is 6.07 Å². The van der Waals surface area contributed by atoms with E-state index in [4.69, 9.17) is 14.3 Å². The number of ether oxygens (including phenoxy) is 1. The van der Waals surface area contributed by atoms with Crippen molar-refractivity contribution in [2.75, 3.05) is 7.11 Å². The smallest absolute Gasteiger partial charge is 0.335 e. The summed E-state index contributed by atoms with van der Waals surface area (Å²) in [5.74, 6) is -0.976. The normalized spacial score (nSPS) is 10.8. The maximum absolute atomic E-state index is 13.5. The minimum atomic E-state index is -1.05. The largest absolute Gasteiger partial charge is 0.497 e. The van der Waals surface area contributed by atoms with Gasteiger partial charge in [-0.1, -0.05) is 0 Å². The predicted molar refractivity (Wildman–Crippen MR) is 72.9 cm³/mol. The Kier molecular flexibility index (Phi) is 3.06. The van der Waals surface area contributed by atoms with Crippen molar-refractivity contribution < 1.29 is 23.4 Å². The minimum absolute atomic E-state index is 0.110. The molecule has 0 unspecified atom stereocenters. The van der Waals surface area contributed by atoms with Crippen LogP contribution in [0.1, 0.15) is 10.4 Å². The molecule has 0 saturated carbocycles. The summed E-state index contributed by atoms with van der Waals surface area (Å²) in [4.78, 5) is 15.1. The second kappa shape index (κ2) is 4.90. The van der Waals surface area contributed by atoms with Crippen molar-refractivity contribution in [3.63, 3.8) is 0 Å². The Morgan fingerprint density at radius 2 is 2.10 bits per heavy atom. The Hall–Kier alpha value is -2.89. The number of carboxylic acids is 1. The SMILES string of the molecule is COc1cc(F)cc(-c2nc3cc(C(=O)O)ccc3o2)c1. The number of hydrogen-bond donors (Lipinski definition) is 1. The van der Waals surface area contributed by atoms with Crippen LogP contribution in [0.25, 0.3) is 22.6 Å². The van der Waals surface area contributed by atoms with E-state index in [-0.39, 0.29) is 11.5 Å². The number of aromatic carboxylic acids is 1. The number of aromatic nitrogens is 1. The fraction of sp³-hybridized carbons (Fsp3) is 0.0667.